The lowest BCUT2D eigenvalue weighted by Crippen LogP contribution is -2.10. The van der Waals surface area contributed by atoms with Crippen LogP contribution in [0.15, 0.2) is 28.9 Å². The van der Waals surface area contributed by atoms with Crippen molar-refractivity contribution in [2.24, 2.45) is 7.05 Å². The van der Waals surface area contributed by atoms with Gasteiger partial charge >= 0.3 is 0 Å². The largest absolute Gasteiger partial charge is 0.329 e. The third-order valence-electron chi connectivity index (χ3n) is 2.60. The Morgan fingerprint density at radius 1 is 1.35 bits per heavy atom. The lowest BCUT2D eigenvalue weighted by molar-refractivity contribution is 0.628. The van der Waals surface area contributed by atoms with E-state index in [2.05, 4.69) is 26.2 Å². The summed E-state index contributed by atoms with van der Waals surface area (Å²) in [5, 5.41) is 3.06. The molecule has 2 aromatic rings. The average molecular weight is 298 g/mol. The number of hydrogen-bond acceptors (Lipinski definition) is 2. The van der Waals surface area contributed by atoms with Crippen LogP contribution >= 0.6 is 15.9 Å². The molecule has 0 atom stereocenters. The van der Waals surface area contributed by atoms with E-state index in [1.54, 1.807) is 12.1 Å². The van der Waals surface area contributed by atoms with E-state index in [9.17, 15) is 4.39 Å². The first-order chi connectivity index (χ1) is 8.13. The predicted molar refractivity (Wildman–Crippen MR) is 69.1 cm³/mol. The van der Waals surface area contributed by atoms with Crippen molar-refractivity contribution in [1.82, 2.24) is 14.9 Å². The molecule has 0 spiro atoms. The van der Waals surface area contributed by atoms with Gasteiger partial charge in [0.25, 0.3) is 0 Å². The summed E-state index contributed by atoms with van der Waals surface area (Å²) in [6.07, 6.45) is 0. The zero-order valence-corrected chi connectivity index (χ0v) is 11.3. The van der Waals surface area contributed by atoms with Crippen molar-refractivity contribution >= 4 is 15.9 Å². The quantitative estimate of drug-likeness (QED) is 0.944. The van der Waals surface area contributed by atoms with Gasteiger partial charge in [0.2, 0.25) is 0 Å². The minimum Gasteiger partial charge on any atom is -0.329 e. The number of hydrogen-bond donors (Lipinski definition) is 1. The van der Waals surface area contributed by atoms with Crippen molar-refractivity contribution in [1.29, 1.82) is 0 Å². The van der Waals surface area contributed by atoms with Crippen molar-refractivity contribution in [3.8, 4) is 11.3 Å². The van der Waals surface area contributed by atoms with Gasteiger partial charge in [-0.2, -0.15) is 0 Å². The molecule has 0 unspecified atom stereocenters. The SMILES string of the molecule is CNCc1nc(Br)c(-c2ccc(F)cc2)n1C. The maximum atomic E-state index is 12.9. The highest BCUT2D eigenvalue weighted by Crippen LogP contribution is 2.28. The molecule has 0 saturated carbocycles. The van der Waals surface area contributed by atoms with Gasteiger partial charge in [0.15, 0.2) is 0 Å². The summed E-state index contributed by atoms with van der Waals surface area (Å²) in [4.78, 5) is 4.42. The first-order valence-corrected chi connectivity index (χ1v) is 6.04. The zero-order valence-electron chi connectivity index (χ0n) is 9.67. The molecule has 0 fully saturated rings. The minimum atomic E-state index is -0.234. The van der Waals surface area contributed by atoms with Crippen LogP contribution in [-0.2, 0) is 13.6 Å². The molecule has 0 bridgehead atoms. The van der Waals surface area contributed by atoms with Gasteiger partial charge in [0.1, 0.15) is 16.2 Å². The van der Waals surface area contributed by atoms with Crippen LogP contribution in [0, 0.1) is 5.82 Å². The highest BCUT2D eigenvalue weighted by molar-refractivity contribution is 9.10. The molecule has 90 valence electrons. The molecular formula is C12H13BrFN3. The molecule has 1 aromatic carbocycles. The molecule has 3 nitrogen and oxygen atoms in total. The van der Waals surface area contributed by atoms with E-state index in [0.717, 1.165) is 21.7 Å². The highest BCUT2D eigenvalue weighted by atomic mass is 79.9. The van der Waals surface area contributed by atoms with Crippen molar-refractivity contribution in [3.63, 3.8) is 0 Å². The van der Waals surface area contributed by atoms with E-state index in [4.69, 9.17) is 0 Å². The number of nitrogens with one attached hydrogen (secondary N) is 1. The van der Waals surface area contributed by atoms with Gasteiger partial charge in [-0.15, -0.1) is 0 Å². The molecule has 5 heteroatoms. The summed E-state index contributed by atoms with van der Waals surface area (Å²) in [6, 6.07) is 6.40. The third-order valence-corrected chi connectivity index (χ3v) is 3.15. The van der Waals surface area contributed by atoms with Gasteiger partial charge in [0, 0.05) is 12.6 Å². The summed E-state index contributed by atoms with van der Waals surface area (Å²) in [7, 11) is 3.82. The second kappa shape index (κ2) is 4.98. The smallest absolute Gasteiger partial charge is 0.132 e. The normalized spacial score (nSPS) is 10.8. The molecule has 1 aromatic heterocycles. The topological polar surface area (TPSA) is 29.9 Å². The Balaban J connectivity index is 2.48. The number of halogens is 2. The molecule has 0 amide bonds. The second-order valence-corrected chi connectivity index (χ2v) is 4.51. The number of imidazole rings is 1. The lowest BCUT2D eigenvalue weighted by Gasteiger charge is -2.06. The first kappa shape index (κ1) is 12.3. The number of nitrogens with zero attached hydrogens (tertiary/aromatic N) is 2. The van der Waals surface area contributed by atoms with Crippen LogP contribution in [0.2, 0.25) is 0 Å². The van der Waals surface area contributed by atoms with E-state index < -0.39 is 0 Å². The average Bonchev–Trinajstić information content (AvgIpc) is 2.57. The molecule has 0 saturated heterocycles. The number of rotatable bonds is 3. The Hall–Kier alpha value is -1.20. The standard InChI is InChI=1S/C12H13BrFN3/c1-15-7-10-16-12(13)11(17(10)2)8-3-5-9(14)6-4-8/h3-6,15H,7H2,1-2H3. The highest BCUT2D eigenvalue weighted by Gasteiger charge is 2.13. The Bertz CT molecular complexity index is 519. The van der Waals surface area contributed by atoms with Crippen LogP contribution in [0.3, 0.4) is 0 Å². The first-order valence-electron chi connectivity index (χ1n) is 5.25. The molecule has 0 aliphatic rings. The molecule has 1 heterocycles. The van der Waals surface area contributed by atoms with Crippen molar-refractivity contribution in [2.75, 3.05) is 7.05 Å². The summed E-state index contributed by atoms with van der Waals surface area (Å²) in [5.41, 5.74) is 1.89. The van der Waals surface area contributed by atoms with Crippen LogP contribution in [-0.4, -0.2) is 16.6 Å². The Morgan fingerprint density at radius 2 is 2.00 bits per heavy atom. The summed E-state index contributed by atoms with van der Waals surface area (Å²) >= 11 is 3.44. The zero-order chi connectivity index (χ0) is 12.4. The second-order valence-electron chi connectivity index (χ2n) is 3.76. The van der Waals surface area contributed by atoms with E-state index in [1.165, 1.54) is 12.1 Å². The van der Waals surface area contributed by atoms with E-state index in [-0.39, 0.29) is 5.82 Å². The molecule has 1 N–H and O–H groups in total. The van der Waals surface area contributed by atoms with Crippen molar-refractivity contribution in [3.05, 3.63) is 40.5 Å². The van der Waals surface area contributed by atoms with Gasteiger partial charge in [-0.25, -0.2) is 9.37 Å². The molecule has 2 rings (SSSR count). The maximum Gasteiger partial charge on any atom is 0.132 e. The monoisotopic (exact) mass is 297 g/mol. The van der Waals surface area contributed by atoms with Crippen LogP contribution in [0.4, 0.5) is 4.39 Å². The number of benzene rings is 1. The van der Waals surface area contributed by atoms with Crippen LogP contribution < -0.4 is 5.32 Å². The lowest BCUT2D eigenvalue weighted by atomic mass is 10.1. The summed E-state index contributed by atoms with van der Waals surface area (Å²) < 4.78 is 15.7. The van der Waals surface area contributed by atoms with Gasteiger partial charge < -0.3 is 9.88 Å². The fourth-order valence-electron chi connectivity index (χ4n) is 1.75. The number of aromatic nitrogens is 2. The summed E-state index contributed by atoms with van der Waals surface area (Å²) in [5.74, 6) is 0.696. The van der Waals surface area contributed by atoms with Gasteiger partial charge in [0.05, 0.1) is 12.2 Å². The van der Waals surface area contributed by atoms with E-state index >= 15 is 0 Å². The van der Waals surface area contributed by atoms with Gasteiger partial charge in [-0.1, -0.05) is 0 Å². The fourth-order valence-corrected chi connectivity index (χ4v) is 2.45. The Morgan fingerprint density at radius 3 is 2.59 bits per heavy atom. The molecule has 0 radical (unpaired) electrons. The Kier molecular flexibility index (Phi) is 3.59. The van der Waals surface area contributed by atoms with E-state index in [1.807, 2.05) is 18.7 Å². The van der Waals surface area contributed by atoms with E-state index in [0.29, 0.717) is 6.54 Å². The third kappa shape index (κ3) is 2.40. The Labute approximate surface area is 108 Å². The molecule has 17 heavy (non-hydrogen) atoms. The minimum absolute atomic E-state index is 0.234. The molecule has 0 aliphatic carbocycles. The van der Waals surface area contributed by atoms with Crippen LogP contribution in [0.5, 0.6) is 0 Å². The van der Waals surface area contributed by atoms with Crippen molar-refractivity contribution in [2.45, 2.75) is 6.54 Å². The molecular weight excluding hydrogens is 285 g/mol. The summed E-state index contributed by atoms with van der Waals surface area (Å²) in [6.45, 7) is 0.691. The van der Waals surface area contributed by atoms with Gasteiger partial charge in [-0.05, 0) is 47.2 Å². The van der Waals surface area contributed by atoms with Crippen LogP contribution in [0.25, 0.3) is 11.3 Å². The molecule has 0 aliphatic heterocycles. The maximum absolute atomic E-state index is 12.9. The fraction of sp³-hybridized carbons (Fsp3) is 0.250. The van der Waals surface area contributed by atoms with Crippen molar-refractivity contribution < 1.29 is 4.39 Å². The predicted octanol–water partition coefficient (Wildman–Crippen LogP) is 2.71. The van der Waals surface area contributed by atoms with Crippen LogP contribution in [0.1, 0.15) is 5.82 Å². The van der Waals surface area contributed by atoms with Gasteiger partial charge in [-0.3, -0.25) is 0 Å².